The van der Waals surface area contributed by atoms with E-state index in [0.29, 0.717) is 24.2 Å². The van der Waals surface area contributed by atoms with E-state index in [0.717, 1.165) is 5.56 Å². The normalized spacial score (nSPS) is 12.2. The molecule has 0 saturated carbocycles. The predicted octanol–water partition coefficient (Wildman–Crippen LogP) is 0.704. The summed E-state index contributed by atoms with van der Waals surface area (Å²) in [5.74, 6) is -0.164. The Morgan fingerprint density at radius 1 is 1.56 bits per heavy atom. The summed E-state index contributed by atoms with van der Waals surface area (Å²) in [5, 5.41) is 12.2. The van der Waals surface area contributed by atoms with Gasteiger partial charge in [0.1, 0.15) is 0 Å². The zero-order valence-electron chi connectivity index (χ0n) is 10.8. The molecule has 5 heteroatoms. The van der Waals surface area contributed by atoms with Crippen molar-refractivity contribution in [3.05, 3.63) is 29.3 Å². The van der Waals surface area contributed by atoms with Gasteiger partial charge in [-0.25, -0.2) is 0 Å². The van der Waals surface area contributed by atoms with Crippen molar-refractivity contribution in [3.63, 3.8) is 0 Å². The minimum Gasteiger partial charge on any atom is -0.399 e. The third kappa shape index (κ3) is 4.35. The predicted molar refractivity (Wildman–Crippen MR) is 70.4 cm³/mol. The van der Waals surface area contributed by atoms with Gasteiger partial charge in [0.15, 0.2) is 0 Å². The highest BCUT2D eigenvalue weighted by molar-refractivity contribution is 5.94. The van der Waals surface area contributed by atoms with Gasteiger partial charge in [0.05, 0.1) is 12.7 Å². The number of benzene rings is 1. The number of hydrogen-bond donors (Lipinski definition) is 3. The van der Waals surface area contributed by atoms with Crippen LogP contribution in [0.3, 0.4) is 0 Å². The Labute approximate surface area is 107 Å². The minimum atomic E-state index is -0.552. The molecule has 100 valence electrons. The molecule has 0 radical (unpaired) electrons. The second kappa shape index (κ2) is 6.98. The fourth-order valence-corrected chi connectivity index (χ4v) is 1.55. The van der Waals surface area contributed by atoms with Crippen molar-refractivity contribution >= 4 is 11.6 Å². The maximum atomic E-state index is 11.8. The molecule has 1 amide bonds. The molecule has 0 aliphatic carbocycles. The van der Waals surface area contributed by atoms with E-state index in [-0.39, 0.29) is 12.5 Å². The summed E-state index contributed by atoms with van der Waals surface area (Å²) in [6, 6.07) is 5.14. The number of aliphatic hydroxyl groups is 1. The molecule has 0 aliphatic heterocycles. The molecule has 1 rings (SSSR count). The largest absolute Gasteiger partial charge is 0.399 e. The zero-order valence-corrected chi connectivity index (χ0v) is 10.8. The smallest absolute Gasteiger partial charge is 0.251 e. The van der Waals surface area contributed by atoms with E-state index in [1.807, 2.05) is 6.92 Å². The molecule has 0 bridgehead atoms. The van der Waals surface area contributed by atoms with E-state index in [4.69, 9.17) is 10.5 Å². The van der Waals surface area contributed by atoms with Crippen molar-refractivity contribution in [2.75, 3.05) is 26.0 Å². The molecule has 5 nitrogen and oxygen atoms in total. The molecular formula is C13H20N2O3. The second-order valence-corrected chi connectivity index (χ2v) is 4.23. The van der Waals surface area contributed by atoms with Gasteiger partial charge in [-0.15, -0.1) is 0 Å². The first-order chi connectivity index (χ1) is 8.54. The highest BCUT2D eigenvalue weighted by Gasteiger charge is 2.08. The van der Waals surface area contributed by atoms with Crippen LogP contribution in [0.1, 0.15) is 22.3 Å². The third-order valence-electron chi connectivity index (χ3n) is 2.65. The maximum Gasteiger partial charge on any atom is 0.251 e. The van der Waals surface area contributed by atoms with Gasteiger partial charge in [-0.05, 0) is 37.1 Å². The van der Waals surface area contributed by atoms with Crippen LogP contribution >= 0.6 is 0 Å². The van der Waals surface area contributed by atoms with Gasteiger partial charge in [-0.3, -0.25) is 4.79 Å². The van der Waals surface area contributed by atoms with Crippen LogP contribution < -0.4 is 11.1 Å². The van der Waals surface area contributed by atoms with Crippen molar-refractivity contribution < 1.29 is 14.6 Å². The Kier molecular flexibility index (Phi) is 5.61. The molecular weight excluding hydrogens is 232 g/mol. The number of rotatable bonds is 6. The number of anilines is 1. The van der Waals surface area contributed by atoms with Crippen LogP contribution in [0, 0.1) is 6.92 Å². The Hall–Kier alpha value is -1.59. The number of aryl methyl sites for hydroxylation is 1. The fraction of sp³-hybridized carbons (Fsp3) is 0.462. The first-order valence-corrected chi connectivity index (χ1v) is 5.86. The maximum absolute atomic E-state index is 11.8. The van der Waals surface area contributed by atoms with Gasteiger partial charge in [0, 0.05) is 24.9 Å². The summed E-state index contributed by atoms with van der Waals surface area (Å²) in [7, 11) is 1.53. The number of carbonyl (C=O) groups excluding carboxylic acids is 1. The number of hydrogen-bond acceptors (Lipinski definition) is 4. The molecule has 0 aromatic heterocycles. The lowest BCUT2D eigenvalue weighted by Gasteiger charge is -2.10. The summed E-state index contributed by atoms with van der Waals surface area (Å²) in [6.07, 6.45) is -0.0865. The van der Waals surface area contributed by atoms with E-state index >= 15 is 0 Å². The zero-order chi connectivity index (χ0) is 13.5. The van der Waals surface area contributed by atoms with Crippen molar-refractivity contribution in [2.24, 2.45) is 0 Å². The van der Waals surface area contributed by atoms with E-state index in [9.17, 15) is 9.90 Å². The number of nitrogen functional groups attached to an aromatic ring is 1. The Morgan fingerprint density at radius 2 is 2.28 bits per heavy atom. The summed E-state index contributed by atoms with van der Waals surface area (Å²) in [4.78, 5) is 11.8. The van der Waals surface area contributed by atoms with Crippen molar-refractivity contribution in [1.29, 1.82) is 0 Å². The number of ether oxygens (including phenoxy) is 1. The van der Waals surface area contributed by atoms with Crippen molar-refractivity contribution in [3.8, 4) is 0 Å². The lowest BCUT2D eigenvalue weighted by atomic mass is 10.1. The van der Waals surface area contributed by atoms with Crippen molar-refractivity contribution in [1.82, 2.24) is 5.32 Å². The van der Waals surface area contributed by atoms with E-state index in [1.54, 1.807) is 18.2 Å². The van der Waals surface area contributed by atoms with E-state index in [1.165, 1.54) is 7.11 Å². The number of amides is 1. The molecule has 0 heterocycles. The average molecular weight is 252 g/mol. The SMILES string of the molecule is COCC(O)CCNC(=O)c1ccc(N)c(C)c1. The Morgan fingerprint density at radius 3 is 2.89 bits per heavy atom. The standard InChI is InChI=1S/C13H20N2O3/c1-9-7-10(3-4-12(9)14)13(17)15-6-5-11(16)8-18-2/h3-4,7,11,16H,5-6,8,14H2,1-2H3,(H,15,17). The third-order valence-corrected chi connectivity index (χ3v) is 2.65. The average Bonchev–Trinajstić information content (AvgIpc) is 2.33. The highest BCUT2D eigenvalue weighted by Crippen LogP contribution is 2.12. The molecule has 18 heavy (non-hydrogen) atoms. The summed E-state index contributed by atoms with van der Waals surface area (Å²) < 4.78 is 4.80. The quantitative estimate of drug-likeness (QED) is 0.651. The number of aliphatic hydroxyl groups excluding tert-OH is 1. The fourth-order valence-electron chi connectivity index (χ4n) is 1.55. The first-order valence-electron chi connectivity index (χ1n) is 5.86. The number of nitrogens with two attached hydrogens (primary N) is 1. The van der Waals surface area contributed by atoms with Crippen LogP contribution in [-0.2, 0) is 4.74 Å². The lowest BCUT2D eigenvalue weighted by Crippen LogP contribution is -2.28. The van der Waals surface area contributed by atoms with Gasteiger partial charge < -0.3 is 20.9 Å². The molecule has 0 aliphatic rings. The van der Waals surface area contributed by atoms with Crippen LogP contribution in [0.5, 0.6) is 0 Å². The summed E-state index contributed by atoms with van der Waals surface area (Å²) in [6.45, 7) is 2.54. The van der Waals surface area contributed by atoms with E-state index in [2.05, 4.69) is 5.32 Å². The van der Waals surface area contributed by atoms with Gasteiger partial charge in [-0.1, -0.05) is 0 Å². The second-order valence-electron chi connectivity index (χ2n) is 4.23. The van der Waals surface area contributed by atoms with Crippen LogP contribution in [0.15, 0.2) is 18.2 Å². The topological polar surface area (TPSA) is 84.6 Å². The molecule has 4 N–H and O–H groups in total. The van der Waals surface area contributed by atoms with Crippen molar-refractivity contribution in [2.45, 2.75) is 19.4 Å². The van der Waals surface area contributed by atoms with Gasteiger partial charge in [0.25, 0.3) is 5.91 Å². The van der Waals surface area contributed by atoms with E-state index < -0.39 is 6.10 Å². The monoisotopic (exact) mass is 252 g/mol. The van der Waals surface area contributed by atoms with Crippen LogP contribution in [-0.4, -0.2) is 37.4 Å². The molecule has 1 aromatic carbocycles. The van der Waals surface area contributed by atoms with Gasteiger partial charge in [0.2, 0.25) is 0 Å². The first kappa shape index (κ1) is 14.5. The Balaban J connectivity index is 2.43. The molecule has 0 fully saturated rings. The molecule has 1 aromatic rings. The summed E-state index contributed by atoms with van der Waals surface area (Å²) in [5.41, 5.74) is 7.80. The highest BCUT2D eigenvalue weighted by atomic mass is 16.5. The van der Waals surface area contributed by atoms with Gasteiger partial charge >= 0.3 is 0 Å². The Bertz CT molecular complexity index is 407. The number of nitrogens with one attached hydrogen (secondary N) is 1. The summed E-state index contributed by atoms with van der Waals surface area (Å²) >= 11 is 0. The van der Waals surface area contributed by atoms with Crippen LogP contribution in [0.25, 0.3) is 0 Å². The molecule has 1 unspecified atom stereocenters. The van der Waals surface area contributed by atoms with Crippen LogP contribution in [0.2, 0.25) is 0 Å². The van der Waals surface area contributed by atoms with Crippen LogP contribution in [0.4, 0.5) is 5.69 Å². The van der Waals surface area contributed by atoms with Gasteiger partial charge in [-0.2, -0.15) is 0 Å². The molecule has 0 spiro atoms. The molecule has 1 atom stereocenters. The lowest BCUT2D eigenvalue weighted by molar-refractivity contribution is 0.0587. The minimum absolute atomic E-state index is 0.164. The number of carbonyl (C=O) groups is 1. The molecule has 0 saturated heterocycles. The number of methoxy groups -OCH3 is 1.